The van der Waals surface area contributed by atoms with Gasteiger partial charge in [-0.25, -0.2) is 4.79 Å². The van der Waals surface area contributed by atoms with Crippen LogP contribution in [0.3, 0.4) is 0 Å². The number of halogens is 1. The van der Waals surface area contributed by atoms with Gasteiger partial charge >= 0.3 is 5.97 Å². The highest BCUT2D eigenvalue weighted by Gasteiger charge is 2.09. The van der Waals surface area contributed by atoms with E-state index in [0.29, 0.717) is 10.6 Å². The Hall–Kier alpha value is -1.80. The fourth-order valence-electron chi connectivity index (χ4n) is 1.82. The summed E-state index contributed by atoms with van der Waals surface area (Å²) in [6.45, 7) is 1.89. The molecule has 0 saturated heterocycles. The quantitative estimate of drug-likeness (QED) is 0.760. The lowest BCUT2D eigenvalue weighted by molar-refractivity contribution is 0.0600. The van der Waals surface area contributed by atoms with Gasteiger partial charge in [0.1, 0.15) is 0 Å². The molecule has 0 aromatic heterocycles. The van der Waals surface area contributed by atoms with Gasteiger partial charge in [0.25, 0.3) is 0 Å². The minimum absolute atomic E-state index is 0.310. The van der Waals surface area contributed by atoms with Crippen molar-refractivity contribution in [3.05, 3.63) is 58.6 Å². The Morgan fingerprint density at radius 2 is 1.67 bits per heavy atom. The Balaban J connectivity index is 2.40. The van der Waals surface area contributed by atoms with Gasteiger partial charge in [-0.05, 0) is 41.8 Å². The number of benzene rings is 2. The van der Waals surface area contributed by atoms with Crippen LogP contribution >= 0.6 is 11.6 Å². The number of esters is 1. The number of methoxy groups -OCH3 is 1. The molecule has 0 N–H and O–H groups in total. The van der Waals surface area contributed by atoms with Crippen molar-refractivity contribution in [2.75, 3.05) is 7.11 Å². The van der Waals surface area contributed by atoms with Crippen molar-refractivity contribution in [1.29, 1.82) is 0 Å². The Bertz CT molecular complexity index is 574. The smallest absolute Gasteiger partial charge is 0.338 e. The molecule has 0 unspecified atom stereocenters. The fraction of sp³-hybridized carbons (Fsp3) is 0.133. The van der Waals surface area contributed by atoms with Crippen LogP contribution < -0.4 is 0 Å². The molecule has 0 aliphatic heterocycles. The van der Waals surface area contributed by atoms with E-state index in [1.807, 2.05) is 43.3 Å². The van der Waals surface area contributed by atoms with Crippen molar-refractivity contribution in [3.8, 4) is 11.1 Å². The maximum atomic E-state index is 11.5. The molecule has 0 fully saturated rings. The van der Waals surface area contributed by atoms with E-state index in [2.05, 4.69) is 0 Å². The second-order valence-electron chi connectivity index (χ2n) is 4.03. The molecule has 2 rings (SSSR count). The third kappa shape index (κ3) is 2.54. The first kappa shape index (κ1) is 12.7. The number of carbonyl (C=O) groups is 1. The monoisotopic (exact) mass is 260 g/mol. The van der Waals surface area contributed by atoms with E-state index in [9.17, 15) is 4.79 Å². The van der Waals surface area contributed by atoms with Crippen LogP contribution in [-0.2, 0) is 4.74 Å². The van der Waals surface area contributed by atoms with Crippen LogP contribution in [0.25, 0.3) is 11.1 Å². The molecule has 18 heavy (non-hydrogen) atoms. The van der Waals surface area contributed by atoms with Gasteiger partial charge in [-0.2, -0.15) is 0 Å². The first-order valence-electron chi connectivity index (χ1n) is 5.56. The normalized spacial score (nSPS) is 10.2. The highest BCUT2D eigenvalue weighted by molar-refractivity contribution is 6.30. The number of rotatable bonds is 2. The predicted octanol–water partition coefficient (Wildman–Crippen LogP) is 4.10. The van der Waals surface area contributed by atoms with E-state index in [0.717, 1.165) is 16.7 Å². The molecule has 3 heteroatoms. The number of aryl methyl sites for hydroxylation is 1. The molecular formula is C15H13ClO2. The highest BCUT2D eigenvalue weighted by atomic mass is 35.5. The van der Waals surface area contributed by atoms with Gasteiger partial charge in [0, 0.05) is 5.02 Å². The summed E-state index contributed by atoms with van der Waals surface area (Å²) in [6, 6.07) is 13.3. The zero-order valence-electron chi connectivity index (χ0n) is 10.2. The molecule has 0 radical (unpaired) electrons. The lowest BCUT2D eigenvalue weighted by Gasteiger charge is -2.07. The van der Waals surface area contributed by atoms with Crippen LogP contribution in [0.4, 0.5) is 0 Å². The van der Waals surface area contributed by atoms with Crippen LogP contribution in [-0.4, -0.2) is 13.1 Å². The lowest BCUT2D eigenvalue weighted by Crippen LogP contribution is -2.03. The highest BCUT2D eigenvalue weighted by Crippen LogP contribution is 2.24. The second kappa shape index (κ2) is 5.23. The zero-order chi connectivity index (χ0) is 13.1. The molecule has 0 aliphatic carbocycles. The van der Waals surface area contributed by atoms with E-state index >= 15 is 0 Å². The SMILES string of the molecule is COC(=O)c1ccc(-c2ccc(Cl)cc2)cc1C. The molecule has 0 amide bonds. The third-order valence-electron chi connectivity index (χ3n) is 2.81. The lowest BCUT2D eigenvalue weighted by atomic mass is 10.00. The van der Waals surface area contributed by atoms with Gasteiger partial charge < -0.3 is 4.74 Å². The van der Waals surface area contributed by atoms with Crippen molar-refractivity contribution in [2.45, 2.75) is 6.92 Å². The Kier molecular flexibility index (Phi) is 3.68. The first-order chi connectivity index (χ1) is 8.61. The van der Waals surface area contributed by atoms with Gasteiger partial charge in [-0.15, -0.1) is 0 Å². The van der Waals surface area contributed by atoms with Crippen LogP contribution in [0, 0.1) is 6.92 Å². The summed E-state index contributed by atoms with van der Waals surface area (Å²) in [6.07, 6.45) is 0. The second-order valence-corrected chi connectivity index (χ2v) is 4.46. The summed E-state index contributed by atoms with van der Waals surface area (Å²) in [7, 11) is 1.38. The molecule has 2 aromatic carbocycles. The average Bonchev–Trinajstić information content (AvgIpc) is 2.38. The summed E-state index contributed by atoms with van der Waals surface area (Å²) >= 11 is 5.85. The molecule has 0 heterocycles. The Morgan fingerprint density at radius 1 is 1.06 bits per heavy atom. The summed E-state index contributed by atoms with van der Waals surface area (Å²) in [4.78, 5) is 11.5. The van der Waals surface area contributed by atoms with Crippen LogP contribution in [0.2, 0.25) is 5.02 Å². The van der Waals surface area contributed by atoms with Gasteiger partial charge in [-0.1, -0.05) is 35.9 Å². The standard InChI is InChI=1S/C15H13ClO2/c1-10-9-12(5-8-14(10)15(17)18-2)11-3-6-13(16)7-4-11/h3-9H,1-2H3. The van der Waals surface area contributed by atoms with Gasteiger partial charge in [0.15, 0.2) is 0 Å². The Labute approximate surface area is 111 Å². The molecule has 0 atom stereocenters. The molecule has 92 valence electrons. The average molecular weight is 261 g/mol. The van der Waals surface area contributed by atoms with Crippen molar-refractivity contribution in [2.24, 2.45) is 0 Å². The third-order valence-corrected chi connectivity index (χ3v) is 3.06. The van der Waals surface area contributed by atoms with Gasteiger partial charge in [0.05, 0.1) is 12.7 Å². The molecule has 0 saturated carbocycles. The predicted molar refractivity (Wildman–Crippen MR) is 73.0 cm³/mol. The number of carbonyl (C=O) groups excluding carboxylic acids is 1. The minimum Gasteiger partial charge on any atom is -0.465 e. The van der Waals surface area contributed by atoms with E-state index < -0.39 is 0 Å². The van der Waals surface area contributed by atoms with Crippen LogP contribution in [0.1, 0.15) is 15.9 Å². The Morgan fingerprint density at radius 3 is 2.22 bits per heavy atom. The van der Waals surface area contributed by atoms with Gasteiger partial charge in [0.2, 0.25) is 0 Å². The molecule has 0 aliphatic rings. The van der Waals surface area contributed by atoms with Crippen LogP contribution in [0.5, 0.6) is 0 Å². The van der Waals surface area contributed by atoms with Gasteiger partial charge in [-0.3, -0.25) is 0 Å². The maximum absolute atomic E-state index is 11.5. The van der Waals surface area contributed by atoms with E-state index in [1.54, 1.807) is 6.07 Å². The largest absolute Gasteiger partial charge is 0.465 e. The van der Waals surface area contributed by atoms with Crippen molar-refractivity contribution in [3.63, 3.8) is 0 Å². The number of ether oxygens (including phenoxy) is 1. The van der Waals surface area contributed by atoms with E-state index in [1.165, 1.54) is 7.11 Å². The van der Waals surface area contributed by atoms with Crippen LogP contribution in [0.15, 0.2) is 42.5 Å². The van der Waals surface area contributed by atoms with Crippen molar-refractivity contribution in [1.82, 2.24) is 0 Å². The summed E-state index contributed by atoms with van der Waals surface area (Å²) in [5.41, 5.74) is 3.61. The molecule has 2 nitrogen and oxygen atoms in total. The summed E-state index contributed by atoms with van der Waals surface area (Å²) < 4.78 is 4.72. The fourth-order valence-corrected chi connectivity index (χ4v) is 1.95. The molecular weight excluding hydrogens is 248 g/mol. The number of hydrogen-bond donors (Lipinski definition) is 0. The maximum Gasteiger partial charge on any atom is 0.338 e. The topological polar surface area (TPSA) is 26.3 Å². The molecule has 0 spiro atoms. The molecule has 2 aromatic rings. The summed E-state index contributed by atoms with van der Waals surface area (Å²) in [5, 5.41) is 0.710. The van der Waals surface area contributed by atoms with Crippen molar-refractivity contribution >= 4 is 17.6 Å². The minimum atomic E-state index is -0.310. The number of hydrogen-bond acceptors (Lipinski definition) is 2. The van der Waals surface area contributed by atoms with E-state index in [-0.39, 0.29) is 5.97 Å². The zero-order valence-corrected chi connectivity index (χ0v) is 11.0. The van der Waals surface area contributed by atoms with E-state index in [4.69, 9.17) is 16.3 Å². The first-order valence-corrected chi connectivity index (χ1v) is 5.94. The summed E-state index contributed by atoms with van der Waals surface area (Å²) in [5.74, 6) is -0.310. The van der Waals surface area contributed by atoms with Crippen molar-refractivity contribution < 1.29 is 9.53 Å². The molecule has 0 bridgehead atoms.